The van der Waals surface area contributed by atoms with Crippen LogP contribution in [0.15, 0.2) is 29.1 Å². The molecule has 0 bridgehead atoms. The molecule has 2 rings (SSSR count). The molecule has 0 atom stereocenters. The number of rotatable bonds is 3. The number of carboxylic acid groups (broad SMARTS) is 1. The Morgan fingerprint density at radius 2 is 1.87 bits per heavy atom. The van der Waals surface area contributed by atoms with Gasteiger partial charge in [-0.3, -0.25) is 9.36 Å². The summed E-state index contributed by atoms with van der Waals surface area (Å²) in [6.07, 6.45) is -4.96. The first-order valence-electron chi connectivity index (χ1n) is 6.30. The average molecular weight is 328 g/mol. The van der Waals surface area contributed by atoms with Crippen LogP contribution >= 0.6 is 0 Å². The van der Waals surface area contributed by atoms with Crippen LogP contribution in [0.2, 0.25) is 0 Å². The summed E-state index contributed by atoms with van der Waals surface area (Å²) < 4.78 is 42.1. The van der Waals surface area contributed by atoms with Crippen LogP contribution in [0.5, 0.6) is 5.75 Å². The number of alkyl halides is 3. The van der Waals surface area contributed by atoms with E-state index in [0.29, 0.717) is 0 Å². The van der Waals surface area contributed by atoms with Crippen molar-refractivity contribution >= 4 is 5.97 Å². The number of halogens is 3. The number of ether oxygens (including phenoxy) is 1. The maximum atomic E-state index is 12.5. The van der Waals surface area contributed by atoms with Gasteiger partial charge in [-0.05, 0) is 26.0 Å². The minimum Gasteiger partial charge on any atom is -0.477 e. The van der Waals surface area contributed by atoms with E-state index in [1.165, 1.54) is 32.0 Å². The molecule has 0 fully saturated rings. The Hall–Kier alpha value is -2.84. The molecular weight excluding hydrogens is 317 g/mol. The molecule has 0 aliphatic rings. The lowest BCUT2D eigenvalue weighted by Crippen LogP contribution is -2.30. The highest BCUT2D eigenvalue weighted by atomic mass is 19.4. The van der Waals surface area contributed by atoms with Crippen LogP contribution in [0.1, 0.15) is 21.9 Å². The van der Waals surface area contributed by atoms with Gasteiger partial charge in [-0.2, -0.15) is 0 Å². The van der Waals surface area contributed by atoms with Gasteiger partial charge in [0.15, 0.2) is 5.75 Å². The molecule has 0 aliphatic carbocycles. The van der Waals surface area contributed by atoms with Crippen molar-refractivity contribution in [3.8, 4) is 11.4 Å². The van der Waals surface area contributed by atoms with Crippen LogP contribution in [0.4, 0.5) is 13.2 Å². The summed E-state index contributed by atoms with van der Waals surface area (Å²) in [4.78, 5) is 27.5. The Balaban J connectivity index is 2.76. The zero-order chi connectivity index (χ0) is 17.4. The summed E-state index contributed by atoms with van der Waals surface area (Å²) in [6.45, 7) is 2.71. The standard InChI is InChI=1S/C14H11F3N2O4/c1-7-11(13(21)22)12(20)19(8(2)18-7)9-5-3-4-6-10(9)23-14(15,16)17/h3-6H,1-2H3,(H,21,22). The molecule has 1 N–H and O–H groups in total. The van der Waals surface area contributed by atoms with Crippen LogP contribution in [-0.4, -0.2) is 27.0 Å². The number of benzene rings is 1. The van der Waals surface area contributed by atoms with Crippen molar-refractivity contribution in [3.63, 3.8) is 0 Å². The van der Waals surface area contributed by atoms with Crippen molar-refractivity contribution in [3.05, 3.63) is 51.7 Å². The highest BCUT2D eigenvalue weighted by Crippen LogP contribution is 2.28. The fourth-order valence-corrected chi connectivity index (χ4v) is 2.14. The van der Waals surface area contributed by atoms with Crippen molar-refractivity contribution in [1.82, 2.24) is 9.55 Å². The first-order valence-corrected chi connectivity index (χ1v) is 6.30. The Kier molecular flexibility index (Phi) is 4.13. The first-order chi connectivity index (χ1) is 10.6. The SMILES string of the molecule is Cc1nc(C)n(-c2ccccc2OC(F)(F)F)c(=O)c1C(=O)O. The van der Waals surface area contributed by atoms with Gasteiger partial charge in [0.1, 0.15) is 11.4 Å². The summed E-state index contributed by atoms with van der Waals surface area (Å²) in [6, 6.07) is 4.92. The third kappa shape index (κ3) is 3.33. The van der Waals surface area contributed by atoms with Crippen molar-refractivity contribution in [2.24, 2.45) is 0 Å². The highest BCUT2D eigenvalue weighted by molar-refractivity contribution is 5.88. The summed E-state index contributed by atoms with van der Waals surface area (Å²) in [5.41, 5.74) is -1.87. The van der Waals surface area contributed by atoms with E-state index in [1.54, 1.807) is 0 Å². The predicted octanol–water partition coefficient (Wildman–Crippen LogP) is 2.45. The lowest BCUT2D eigenvalue weighted by molar-refractivity contribution is -0.274. The van der Waals surface area contributed by atoms with Crippen LogP contribution in [0.3, 0.4) is 0 Å². The molecule has 0 saturated carbocycles. The van der Waals surface area contributed by atoms with Crippen LogP contribution in [-0.2, 0) is 0 Å². The molecule has 0 amide bonds. The minimum absolute atomic E-state index is 0.0227. The fraction of sp³-hybridized carbons (Fsp3) is 0.214. The van der Waals surface area contributed by atoms with Gasteiger partial charge in [-0.1, -0.05) is 12.1 Å². The molecule has 1 aromatic carbocycles. The Morgan fingerprint density at radius 3 is 2.43 bits per heavy atom. The van der Waals surface area contributed by atoms with E-state index in [9.17, 15) is 22.8 Å². The van der Waals surface area contributed by atoms with E-state index < -0.39 is 29.2 Å². The van der Waals surface area contributed by atoms with Gasteiger partial charge in [-0.25, -0.2) is 9.78 Å². The molecule has 1 heterocycles. The van der Waals surface area contributed by atoms with E-state index in [4.69, 9.17) is 5.11 Å². The zero-order valence-corrected chi connectivity index (χ0v) is 12.0. The summed E-state index contributed by atoms with van der Waals surface area (Å²) in [5, 5.41) is 9.10. The van der Waals surface area contributed by atoms with Crippen LogP contribution in [0, 0.1) is 13.8 Å². The number of carbonyl (C=O) groups is 1. The molecule has 9 heteroatoms. The van der Waals surface area contributed by atoms with Crippen molar-refractivity contribution in [2.75, 3.05) is 0 Å². The van der Waals surface area contributed by atoms with Gasteiger partial charge in [0.25, 0.3) is 5.56 Å². The Bertz CT molecular complexity index is 828. The second kappa shape index (κ2) is 5.75. The maximum absolute atomic E-state index is 12.5. The number of hydrogen-bond acceptors (Lipinski definition) is 4. The second-order valence-corrected chi connectivity index (χ2v) is 4.58. The Morgan fingerprint density at radius 1 is 1.26 bits per heavy atom. The topological polar surface area (TPSA) is 81.4 Å². The summed E-state index contributed by atoms with van der Waals surface area (Å²) >= 11 is 0. The van der Waals surface area contributed by atoms with Gasteiger partial charge in [-0.15, -0.1) is 13.2 Å². The fourth-order valence-electron chi connectivity index (χ4n) is 2.14. The van der Waals surface area contributed by atoms with Crippen molar-refractivity contribution in [1.29, 1.82) is 0 Å². The largest absolute Gasteiger partial charge is 0.573 e. The van der Waals surface area contributed by atoms with Gasteiger partial charge in [0, 0.05) is 0 Å². The molecule has 0 spiro atoms. The van der Waals surface area contributed by atoms with Crippen molar-refractivity contribution < 1.29 is 27.8 Å². The third-order valence-corrected chi connectivity index (χ3v) is 2.98. The molecule has 6 nitrogen and oxygen atoms in total. The lowest BCUT2D eigenvalue weighted by atomic mass is 10.2. The van der Waals surface area contributed by atoms with Crippen LogP contribution < -0.4 is 10.3 Å². The number of hydrogen-bond donors (Lipinski definition) is 1. The van der Waals surface area contributed by atoms with E-state index in [1.807, 2.05) is 0 Å². The minimum atomic E-state index is -4.96. The number of aromatic carboxylic acids is 1. The summed E-state index contributed by atoms with van der Waals surface area (Å²) in [5.74, 6) is -2.11. The normalized spacial score (nSPS) is 11.3. The van der Waals surface area contributed by atoms with Gasteiger partial charge < -0.3 is 9.84 Å². The predicted molar refractivity (Wildman–Crippen MR) is 73.0 cm³/mol. The van der Waals surface area contributed by atoms with Gasteiger partial charge in [0.05, 0.1) is 11.4 Å². The van der Waals surface area contributed by atoms with Crippen LogP contribution in [0.25, 0.3) is 5.69 Å². The lowest BCUT2D eigenvalue weighted by Gasteiger charge is -2.16. The molecule has 2 aromatic rings. The molecule has 122 valence electrons. The highest BCUT2D eigenvalue weighted by Gasteiger charge is 2.32. The second-order valence-electron chi connectivity index (χ2n) is 4.58. The van der Waals surface area contributed by atoms with E-state index in [0.717, 1.165) is 10.6 Å². The number of aryl methyl sites for hydroxylation is 2. The maximum Gasteiger partial charge on any atom is 0.573 e. The van der Waals surface area contributed by atoms with Gasteiger partial charge >= 0.3 is 12.3 Å². The van der Waals surface area contributed by atoms with Gasteiger partial charge in [0.2, 0.25) is 0 Å². The zero-order valence-electron chi connectivity index (χ0n) is 12.0. The quantitative estimate of drug-likeness (QED) is 0.936. The smallest absolute Gasteiger partial charge is 0.477 e. The molecule has 0 aliphatic heterocycles. The molecule has 1 aromatic heterocycles. The number of nitrogens with zero attached hydrogens (tertiary/aromatic N) is 2. The van der Waals surface area contributed by atoms with Crippen molar-refractivity contribution in [2.45, 2.75) is 20.2 Å². The monoisotopic (exact) mass is 328 g/mol. The number of aromatic nitrogens is 2. The number of carboxylic acids is 1. The third-order valence-electron chi connectivity index (χ3n) is 2.98. The molecule has 0 saturated heterocycles. The molecule has 0 radical (unpaired) electrons. The molecule has 0 unspecified atom stereocenters. The Labute approximate surface area is 127 Å². The van der Waals surface area contributed by atoms with E-state index >= 15 is 0 Å². The van der Waals surface area contributed by atoms with E-state index in [-0.39, 0.29) is 17.2 Å². The first kappa shape index (κ1) is 16.5. The molecule has 23 heavy (non-hydrogen) atoms. The molecular formula is C14H11F3N2O4. The number of para-hydroxylation sites is 2. The summed E-state index contributed by atoms with van der Waals surface area (Å²) in [7, 11) is 0. The average Bonchev–Trinajstić information content (AvgIpc) is 2.37. The van der Waals surface area contributed by atoms with E-state index in [2.05, 4.69) is 9.72 Å².